The molecule has 1 N–H and O–H groups in total. The number of ether oxygens (including phenoxy) is 1. The zero-order valence-corrected chi connectivity index (χ0v) is 14.5. The standard InChI is InChI=1S/C18H15ClN2O2S/c1-21-17(22)16(20-18(21)24)10-12-6-8-14(9-7-12)23-11-13-4-2-3-5-15(13)19/h2-10H,11H2,1H3,(H,20,24). The maximum absolute atomic E-state index is 11.9. The summed E-state index contributed by atoms with van der Waals surface area (Å²) < 4.78 is 5.74. The number of hydrogen-bond acceptors (Lipinski definition) is 3. The Hall–Kier alpha value is -2.37. The van der Waals surface area contributed by atoms with E-state index in [1.165, 1.54) is 4.90 Å². The second kappa shape index (κ2) is 7.03. The Labute approximate surface area is 150 Å². The summed E-state index contributed by atoms with van der Waals surface area (Å²) in [6.45, 7) is 0.402. The van der Waals surface area contributed by atoms with Crippen LogP contribution in [-0.4, -0.2) is 23.0 Å². The van der Waals surface area contributed by atoms with Gasteiger partial charge in [-0.1, -0.05) is 41.9 Å². The van der Waals surface area contributed by atoms with Gasteiger partial charge in [0.15, 0.2) is 5.11 Å². The molecule has 1 aliphatic rings. The highest BCUT2D eigenvalue weighted by atomic mass is 35.5. The van der Waals surface area contributed by atoms with E-state index in [9.17, 15) is 4.79 Å². The molecule has 2 aromatic rings. The Morgan fingerprint density at radius 1 is 1.21 bits per heavy atom. The second-order valence-electron chi connectivity index (χ2n) is 5.30. The van der Waals surface area contributed by atoms with Gasteiger partial charge in [0.2, 0.25) is 0 Å². The van der Waals surface area contributed by atoms with Gasteiger partial charge in [-0.25, -0.2) is 0 Å². The maximum Gasteiger partial charge on any atom is 0.276 e. The van der Waals surface area contributed by atoms with Gasteiger partial charge in [0.25, 0.3) is 5.91 Å². The highest BCUT2D eigenvalue weighted by Gasteiger charge is 2.26. The summed E-state index contributed by atoms with van der Waals surface area (Å²) in [6.07, 6.45) is 1.76. The average molecular weight is 359 g/mol. The molecular formula is C18H15ClN2O2S. The smallest absolute Gasteiger partial charge is 0.276 e. The van der Waals surface area contributed by atoms with Crippen LogP contribution in [0.2, 0.25) is 5.02 Å². The van der Waals surface area contributed by atoms with Crippen molar-refractivity contribution in [2.45, 2.75) is 6.61 Å². The molecule has 0 spiro atoms. The van der Waals surface area contributed by atoms with Gasteiger partial charge in [0.05, 0.1) is 0 Å². The van der Waals surface area contributed by atoms with Gasteiger partial charge in [0, 0.05) is 17.6 Å². The molecule has 2 aromatic carbocycles. The lowest BCUT2D eigenvalue weighted by Crippen LogP contribution is -2.25. The third-order valence-electron chi connectivity index (χ3n) is 3.62. The number of amides is 1. The van der Waals surface area contributed by atoms with Crippen molar-refractivity contribution in [2.24, 2.45) is 0 Å². The summed E-state index contributed by atoms with van der Waals surface area (Å²) in [4.78, 5) is 13.4. The largest absolute Gasteiger partial charge is 0.489 e. The van der Waals surface area contributed by atoms with Gasteiger partial charge in [-0.3, -0.25) is 9.69 Å². The fourth-order valence-electron chi connectivity index (χ4n) is 2.23. The fourth-order valence-corrected chi connectivity index (χ4v) is 2.61. The molecule has 122 valence electrons. The van der Waals surface area contributed by atoms with Crippen molar-refractivity contribution in [3.63, 3.8) is 0 Å². The zero-order valence-electron chi connectivity index (χ0n) is 13.0. The lowest BCUT2D eigenvalue weighted by atomic mass is 10.2. The molecule has 1 aliphatic heterocycles. The highest BCUT2D eigenvalue weighted by molar-refractivity contribution is 7.80. The number of benzene rings is 2. The lowest BCUT2D eigenvalue weighted by Gasteiger charge is -2.08. The summed E-state index contributed by atoms with van der Waals surface area (Å²) in [5.74, 6) is 0.592. The Bertz CT molecular complexity index is 818. The van der Waals surface area contributed by atoms with Gasteiger partial charge in [-0.15, -0.1) is 0 Å². The Kier molecular flexibility index (Phi) is 4.83. The zero-order chi connectivity index (χ0) is 17.1. The van der Waals surface area contributed by atoms with E-state index >= 15 is 0 Å². The monoisotopic (exact) mass is 358 g/mol. The van der Waals surface area contributed by atoms with E-state index in [1.54, 1.807) is 13.1 Å². The minimum Gasteiger partial charge on any atom is -0.489 e. The van der Waals surface area contributed by atoms with Gasteiger partial charge in [0.1, 0.15) is 18.1 Å². The van der Waals surface area contributed by atoms with E-state index in [4.69, 9.17) is 28.6 Å². The average Bonchev–Trinajstić information content (AvgIpc) is 2.82. The second-order valence-corrected chi connectivity index (χ2v) is 6.10. The van der Waals surface area contributed by atoms with Crippen molar-refractivity contribution in [3.05, 3.63) is 70.4 Å². The predicted molar refractivity (Wildman–Crippen MR) is 98.7 cm³/mol. The molecule has 0 aliphatic carbocycles. The van der Waals surface area contributed by atoms with Crippen molar-refractivity contribution >= 4 is 40.9 Å². The molecule has 0 unspecified atom stereocenters. The number of carbonyl (C=O) groups excluding carboxylic acids is 1. The van der Waals surface area contributed by atoms with Crippen LogP contribution < -0.4 is 10.1 Å². The van der Waals surface area contributed by atoms with E-state index in [1.807, 2.05) is 48.5 Å². The molecular weight excluding hydrogens is 344 g/mol. The SMILES string of the molecule is CN1C(=O)C(=Cc2ccc(OCc3ccccc3Cl)cc2)NC1=S. The lowest BCUT2D eigenvalue weighted by molar-refractivity contribution is -0.121. The van der Waals surface area contributed by atoms with E-state index in [0.29, 0.717) is 22.4 Å². The molecule has 4 nitrogen and oxygen atoms in total. The number of rotatable bonds is 4. The van der Waals surface area contributed by atoms with Crippen LogP contribution in [0.1, 0.15) is 11.1 Å². The van der Waals surface area contributed by atoms with Crippen LogP contribution in [0.25, 0.3) is 6.08 Å². The van der Waals surface area contributed by atoms with Crippen LogP contribution in [0.3, 0.4) is 0 Å². The topological polar surface area (TPSA) is 41.6 Å². The maximum atomic E-state index is 11.9. The van der Waals surface area contributed by atoms with Crippen molar-refractivity contribution in [2.75, 3.05) is 7.05 Å². The molecule has 0 saturated carbocycles. The number of carbonyl (C=O) groups is 1. The minimum absolute atomic E-state index is 0.140. The first-order valence-electron chi connectivity index (χ1n) is 7.31. The summed E-state index contributed by atoms with van der Waals surface area (Å²) in [5.41, 5.74) is 2.28. The van der Waals surface area contributed by atoms with Crippen LogP contribution in [0.4, 0.5) is 0 Å². The Morgan fingerprint density at radius 3 is 2.54 bits per heavy atom. The molecule has 3 rings (SSSR count). The molecule has 1 heterocycles. The highest BCUT2D eigenvalue weighted by Crippen LogP contribution is 2.20. The third-order valence-corrected chi connectivity index (χ3v) is 4.37. The number of hydrogen-bond donors (Lipinski definition) is 1. The van der Waals surface area contributed by atoms with Crippen LogP contribution >= 0.6 is 23.8 Å². The normalized spacial score (nSPS) is 15.8. The van der Waals surface area contributed by atoms with E-state index in [0.717, 1.165) is 16.9 Å². The fraction of sp³-hybridized carbons (Fsp3) is 0.111. The third kappa shape index (κ3) is 3.58. The molecule has 0 radical (unpaired) electrons. The molecule has 6 heteroatoms. The summed E-state index contributed by atoms with van der Waals surface area (Å²) in [5, 5.41) is 3.99. The Morgan fingerprint density at radius 2 is 1.92 bits per heavy atom. The number of nitrogens with zero attached hydrogens (tertiary/aromatic N) is 1. The van der Waals surface area contributed by atoms with Crippen LogP contribution in [-0.2, 0) is 11.4 Å². The number of nitrogens with one attached hydrogen (secondary N) is 1. The van der Waals surface area contributed by atoms with E-state index < -0.39 is 0 Å². The molecule has 1 saturated heterocycles. The van der Waals surface area contributed by atoms with E-state index in [2.05, 4.69) is 5.32 Å². The van der Waals surface area contributed by atoms with Crippen LogP contribution in [0.15, 0.2) is 54.2 Å². The number of halogens is 1. The Balaban J connectivity index is 1.67. The summed E-state index contributed by atoms with van der Waals surface area (Å²) in [7, 11) is 1.64. The molecule has 24 heavy (non-hydrogen) atoms. The summed E-state index contributed by atoms with van der Waals surface area (Å²) in [6, 6.07) is 15.0. The molecule has 0 bridgehead atoms. The molecule has 1 amide bonds. The van der Waals surface area contributed by atoms with Crippen molar-refractivity contribution < 1.29 is 9.53 Å². The van der Waals surface area contributed by atoms with Crippen LogP contribution in [0, 0.1) is 0 Å². The van der Waals surface area contributed by atoms with Crippen LogP contribution in [0.5, 0.6) is 5.75 Å². The molecule has 0 aromatic heterocycles. The first-order valence-corrected chi connectivity index (χ1v) is 8.10. The first kappa shape index (κ1) is 16.5. The number of thiocarbonyl (C=S) groups is 1. The van der Waals surface area contributed by atoms with Crippen molar-refractivity contribution in [1.82, 2.24) is 10.2 Å². The number of likely N-dealkylation sites (N-methyl/N-ethyl adjacent to an activating group) is 1. The van der Waals surface area contributed by atoms with Gasteiger partial charge >= 0.3 is 0 Å². The van der Waals surface area contributed by atoms with Crippen molar-refractivity contribution in [3.8, 4) is 5.75 Å². The predicted octanol–water partition coefficient (Wildman–Crippen LogP) is 3.61. The van der Waals surface area contributed by atoms with Crippen molar-refractivity contribution in [1.29, 1.82) is 0 Å². The first-order chi connectivity index (χ1) is 11.5. The van der Waals surface area contributed by atoms with Gasteiger partial charge in [-0.2, -0.15) is 0 Å². The summed E-state index contributed by atoms with van der Waals surface area (Å²) >= 11 is 11.2. The quantitative estimate of drug-likeness (QED) is 0.669. The molecule has 0 atom stereocenters. The van der Waals surface area contributed by atoms with Gasteiger partial charge < -0.3 is 10.1 Å². The minimum atomic E-state index is -0.140. The molecule has 1 fully saturated rings. The van der Waals surface area contributed by atoms with E-state index in [-0.39, 0.29) is 5.91 Å². The van der Waals surface area contributed by atoms with Gasteiger partial charge in [-0.05, 0) is 42.1 Å².